The molecular formula is C36H39N3O2. The lowest BCUT2D eigenvalue weighted by Crippen LogP contribution is -2.30. The number of pyridine rings is 2. The van der Waals surface area contributed by atoms with Gasteiger partial charge in [-0.1, -0.05) is 75.7 Å². The average molecular weight is 546 g/mol. The molecule has 0 saturated carbocycles. The van der Waals surface area contributed by atoms with E-state index in [9.17, 15) is 9.59 Å². The van der Waals surface area contributed by atoms with Crippen LogP contribution in [-0.2, 0) is 11.2 Å². The SMILES string of the molecule is CC.CC.CC(C)=C(C)C(=O)N1CCc2ccc(-n3c(=O)ccc4cnc5ccc(-c6ccccc6)cc5c43)cc21. The first-order chi connectivity index (χ1) is 19.9. The van der Waals surface area contributed by atoms with Gasteiger partial charge in [0.05, 0.1) is 16.7 Å². The van der Waals surface area contributed by atoms with Crippen molar-refractivity contribution in [3.05, 3.63) is 112 Å². The second-order valence-corrected chi connectivity index (χ2v) is 9.81. The van der Waals surface area contributed by atoms with E-state index in [1.165, 1.54) is 0 Å². The van der Waals surface area contributed by atoms with Gasteiger partial charge in [-0.05, 0) is 74.2 Å². The van der Waals surface area contributed by atoms with E-state index in [4.69, 9.17) is 0 Å². The third-order valence-corrected chi connectivity index (χ3v) is 7.36. The predicted molar refractivity (Wildman–Crippen MR) is 173 cm³/mol. The number of hydrogen-bond acceptors (Lipinski definition) is 3. The van der Waals surface area contributed by atoms with E-state index < -0.39 is 0 Å². The third-order valence-electron chi connectivity index (χ3n) is 7.36. The van der Waals surface area contributed by atoms with E-state index in [2.05, 4.69) is 29.2 Å². The highest BCUT2D eigenvalue weighted by Crippen LogP contribution is 2.34. The maximum Gasteiger partial charge on any atom is 0.255 e. The van der Waals surface area contributed by atoms with Crippen molar-refractivity contribution in [2.24, 2.45) is 0 Å². The number of rotatable bonds is 3. The van der Waals surface area contributed by atoms with Crippen LogP contribution in [-0.4, -0.2) is 22.0 Å². The fourth-order valence-corrected chi connectivity index (χ4v) is 5.11. The summed E-state index contributed by atoms with van der Waals surface area (Å²) in [5, 5.41) is 1.79. The molecule has 0 atom stereocenters. The fraction of sp³-hybridized carbons (Fsp3) is 0.250. The molecule has 0 saturated heterocycles. The van der Waals surface area contributed by atoms with E-state index in [-0.39, 0.29) is 11.5 Å². The molecule has 3 aromatic carbocycles. The van der Waals surface area contributed by atoms with Gasteiger partial charge in [-0.15, -0.1) is 0 Å². The molecule has 3 heterocycles. The summed E-state index contributed by atoms with van der Waals surface area (Å²) in [6.07, 6.45) is 2.62. The highest BCUT2D eigenvalue weighted by Gasteiger charge is 2.26. The molecule has 0 aliphatic carbocycles. The normalized spacial score (nSPS) is 11.7. The lowest BCUT2D eigenvalue weighted by molar-refractivity contribution is -0.115. The molecule has 210 valence electrons. The van der Waals surface area contributed by atoms with Crippen molar-refractivity contribution in [2.45, 2.75) is 54.9 Å². The highest BCUT2D eigenvalue weighted by molar-refractivity contribution is 6.08. The van der Waals surface area contributed by atoms with Crippen LogP contribution < -0.4 is 10.5 Å². The van der Waals surface area contributed by atoms with E-state index >= 15 is 0 Å². The molecule has 41 heavy (non-hydrogen) atoms. The summed E-state index contributed by atoms with van der Waals surface area (Å²) in [6.45, 7) is 14.4. The summed E-state index contributed by atoms with van der Waals surface area (Å²) in [4.78, 5) is 33.1. The maximum absolute atomic E-state index is 13.4. The van der Waals surface area contributed by atoms with Crippen LogP contribution in [0.3, 0.4) is 0 Å². The van der Waals surface area contributed by atoms with Gasteiger partial charge in [0.15, 0.2) is 0 Å². The largest absolute Gasteiger partial charge is 0.308 e. The molecule has 5 nitrogen and oxygen atoms in total. The smallest absolute Gasteiger partial charge is 0.255 e. The number of carbonyl (C=O) groups is 1. The Balaban J connectivity index is 0.000000929. The number of amides is 1. The zero-order valence-corrected chi connectivity index (χ0v) is 25.2. The van der Waals surface area contributed by atoms with Gasteiger partial charge < -0.3 is 4.90 Å². The van der Waals surface area contributed by atoms with Crippen molar-refractivity contribution < 1.29 is 4.79 Å². The van der Waals surface area contributed by atoms with Gasteiger partial charge in [-0.3, -0.25) is 19.1 Å². The van der Waals surface area contributed by atoms with Crippen LogP contribution >= 0.6 is 0 Å². The Morgan fingerprint density at radius 3 is 2.24 bits per heavy atom. The fourth-order valence-electron chi connectivity index (χ4n) is 5.11. The first-order valence-electron chi connectivity index (χ1n) is 14.5. The summed E-state index contributed by atoms with van der Waals surface area (Å²) in [5.74, 6) is 0.0170. The molecule has 5 heteroatoms. The molecule has 0 spiro atoms. The second kappa shape index (κ2) is 12.8. The number of nitrogens with zero attached hydrogens (tertiary/aromatic N) is 3. The first-order valence-corrected chi connectivity index (χ1v) is 14.5. The average Bonchev–Trinajstić information content (AvgIpc) is 3.45. The van der Waals surface area contributed by atoms with Crippen molar-refractivity contribution in [2.75, 3.05) is 11.4 Å². The van der Waals surface area contributed by atoms with Gasteiger partial charge in [0.2, 0.25) is 0 Å². The zero-order chi connectivity index (χ0) is 29.7. The number of hydrogen-bond donors (Lipinski definition) is 0. The minimum atomic E-state index is -0.124. The van der Waals surface area contributed by atoms with Gasteiger partial charge >= 0.3 is 0 Å². The number of allylic oxidation sites excluding steroid dienone is 1. The van der Waals surface area contributed by atoms with E-state index in [1.807, 2.05) is 108 Å². The van der Waals surface area contributed by atoms with Gasteiger partial charge in [-0.2, -0.15) is 0 Å². The minimum absolute atomic E-state index is 0.0170. The third kappa shape index (κ3) is 5.58. The Bertz CT molecular complexity index is 1800. The second-order valence-electron chi connectivity index (χ2n) is 9.81. The molecule has 2 aromatic heterocycles. The van der Waals surface area contributed by atoms with Gasteiger partial charge in [-0.25, -0.2) is 0 Å². The van der Waals surface area contributed by atoms with Gasteiger partial charge in [0, 0.05) is 40.8 Å². The molecule has 1 aliphatic heterocycles. The number of benzene rings is 3. The molecule has 0 unspecified atom stereocenters. The van der Waals surface area contributed by atoms with Crippen LogP contribution in [0.15, 0.2) is 101 Å². The molecule has 0 fully saturated rings. The van der Waals surface area contributed by atoms with Crippen LogP contribution in [0, 0.1) is 0 Å². The zero-order valence-electron chi connectivity index (χ0n) is 25.2. The number of carbonyl (C=O) groups excluding carboxylic acids is 1. The summed E-state index contributed by atoms with van der Waals surface area (Å²) >= 11 is 0. The van der Waals surface area contributed by atoms with Crippen molar-refractivity contribution in [3.8, 4) is 16.8 Å². The standard InChI is InChI=1S/C32H27N3O2.2C2H6/c1-20(2)21(3)32(37)34-16-15-23-9-12-26(18-29(23)34)35-30(36)14-11-25-19-33-28-13-10-24(17-27(28)31(25)35)22-7-5-4-6-8-22;2*1-2/h4-14,17-19H,15-16H2,1-3H3;2*1-2H3. The minimum Gasteiger partial charge on any atom is -0.308 e. The van der Waals surface area contributed by atoms with Crippen molar-refractivity contribution in [3.63, 3.8) is 0 Å². The lowest BCUT2D eigenvalue weighted by atomic mass is 10.0. The molecule has 0 bridgehead atoms. The summed E-state index contributed by atoms with van der Waals surface area (Å²) in [7, 11) is 0. The molecule has 5 aromatic rings. The monoisotopic (exact) mass is 545 g/mol. The summed E-state index contributed by atoms with van der Waals surface area (Å²) in [6, 6.07) is 25.8. The van der Waals surface area contributed by atoms with E-state index in [1.54, 1.807) is 10.6 Å². The van der Waals surface area contributed by atoms with Crippen LogP contribution in [0.4, 0.5) is 5.69 Å². The Morgan fingerprint density at radius 1 is 0.805 bits per heavy atom. The van der Waals surface area contributed by atoms with E-state index in [0.717, 1.165) is 67.4 Å². The Morgan fingerprint density at radius 2 is 1.54 bits per heavy atom. The van der Waals surface area contributed by atoms with E-state index in [0.29, 0.717) is 6.54 Å². The Kier molecular flexibility index (Phi) is 9.18. The summed E-state index contributed by atoms with van der Waals surface area (Å²) in [5.41, 5.74) is 8.17. The van der Waals surface area contributed by atoms with Crippen LogP contribution in [0.5, 0.6) is 0 Å². The Hall–Kier alpha value is -4.51. The summed E-state index contributed by atoms with van der Waals surface area (Å²) < 4.78 is 1.75. The van der Waals surface area contributed by atoms with Gasteiger partial charge in [0.1, 0.15) is 0 Å². The topological polar surface area (TPSA) is 55.2 Å². The van der Waals surface area contributed by atoms with Crippen molar-refractivity contribution in [1.29, 1.82) is 0 Å². The van der Waals surface area contributed by atoms with Gasteiger partial charge in [0.25, 0.3) is 11.5 Å². The lowest BCUT2D eigenvalue weighted by Gasteiger charge is -2.20. The molecular weight excluding hydrogens is 506 g/mol. The number of aromatic nitrogens is 2. The van der Waals surface area contributed by atoms with Crippen LogP contribution in [0.1, 0.15) is 54.0 Å². The number of fused-ring (bicyclic) bond motifs is 4. The molecule has 1 aliphatic rings. The van der Waals surface area contributed by atoms with Crippen molar-refractivity contribution >= 4 is 33.4 Å². The predicted octanol–water partition coefficient (Wildman–Crippen LogP) is 8.50. The number of anilines is 1. The first kappa shape index (κ1) is 29.5. The van der Waals surface area contributed by atoms with Crippen molar-refractivity contribution in [1.82, 2.24) is 9.55 Å². The highest BCUT2D eigenvalue weighted by atomic mass is 16.2. The van der Waals surface area contributed by atoms with Crippen LogP contribution in [0.2, 0.25) is 0 Å². The quantitative estimate of drug-likeness (QED) is 0.169. The molecule has 0 N–H and O–H groups in total. The molecule has 6 rings (SSSR count). The van der Waals surface area contributed by atoms with Crippen LogP contribution in [0.25, 0.3) is 38.6 Å². The Labute approximate surface area is 242 Å². The maximum atomic E-state index is 13.4. The molecule has 0 radical (unpaired) electrons. The molecule has 1 amide bonds.